The highest BCUT2D eigenvalue weighted by atomic mass is 19.4. The van der Waals surface area contributed by atoms with Crippen LogP contribution in [0, 0.1) is 0 Å². The van der Waals surface area contributed by atoms with Crippen molar-refractivity contribution in [2.75, 3.05) is 26.2 Å². The molecular formula is C25H30F3N3O2. The molecule has 2 heterocycles. The summed E-state index contributed by atoms with van der Waals surface area (Å²) < 4.78 is 43.5. The highest BCUT2D eigenvalue weighted by Gasteiger charge is 2.30. The predicted molar refractivity (Wildman–Crippen MR) is 120 cm³/mol. The molecule has 178 valence electrons. The first kappa shape index (κ1) is 23.6. The van der Waals surface area contributed by atoms with Crippen molar-refractivity contribution in [1.29, 1.82) is 0 Å². The van der Waals surface area contributed by atoms with Crippen molar-refractivity contribution in [1.82, 2.24) is 15.5 Å². The third-order valence-corrected chi connectivity index (χ3v) is 6.49. The minimum Gasteiger partial charge on any atom is -0.489 e. The van der Waals surface area contributed by atoms with Crippen LogP contribution in [0.5, 0.6) is 5.75 Å². The standard InChI is InChI=1S/C25H30F3N3O2/c26-25(27,28)20-5-7-23(8-6-20)33-17-18-1-3-19(4-2-18)24(32)30-21-11-15-31(16-12-21)22-9-13-29-14-10-22/h1-8,21-22,29H,9-17H2,(H,30,32). The van der Waals surface area contributed by atoms with Crippen LogP contribution in [0.15, 0.2) is 48.5 Å². The smallest absolute Gasteiger partial charge is 0.416 e. The van der Waals surface area contributed by atoms with Crippen molar-refractivity contribution >= 4 is 5.91 Å². The fourth-order valence-corrected chi connectivity index (χ4v) is 4.51. The Hall–Kier alpha value is -2.58. The molecule has 2 fully saturated rings. The lowest BCUT2D eigenvalue weighted by molar-refractivity contribution is -0.137. The Morgan fingerprint density at radius 3 is 2.21 bits per heavy atom. The molecule has 1 amide bonds. The van der Waals surface area contributed by atoms with Crippen LogP contribution in [0.3, 0.4) is 0 Å². The van der Waals surface area contributed by atoms with Crippen LogP contribution in [0.25, 0.3) is 0 Å². The van der Waals surface area contributed by atoms with Gasteiger partial charge in [0.05, 0.1) is 5.56 Å². The number of likely N-dealkylation sites (tertiary alicyclic amines) is 1. The molecule has 5 nitrogen and oxygen atoms in total. The van der Waals surface area contributed by atoms with Crippen LogP contribution >= 0.6 is 0 Å². The van der Waals surface area contributed by atoms with E-state index in [0.29, 0.717) is 17.4 Å². The summed E-state index contributed by atoms with van der Waals surface area (Å²) in [5.41, 5.74) is 0.720. The average Bonchev–Trinajstić information content (AvgIpc) is 2.84. The summed E-state index contributed by atoms with van der Waals surface area (Å²) in [5, 5.41) is 6.56. The number of amides is 1. The first-order valence-electron chi connectivity index (χ1n) is 11.5. The molecule has 2 aromatic rings. The van der Waals surface area contributed by atoms with Crippen LogP contribution in [0.1, 0.15) is 47.2 Å². The molecule has 33 heavy (non-hydrogen) atoms. The van der Waals surface area contributed by atoms with Gasteiger partial charge in [0.1, 0.15) is 12.4 Å². The molecule has 2 aromatic carbocycles. The fourth-order valence-electron chi connectivity index (χ4n) is 4.51. The van der Waals surface area contributed by atoms with E-state index in [1.807, 2.05) is 0 Å². The Kier molecular flexibility index (Phi) is 7.55. The van der Waals surface area contributed by atoms with Gasteiger partial charge in [-0.3, -0.25) is 4.79 Å². The average molecular weight is 462 g/mol. The van der Waals surface area contributed by atoms with Gasteiger partial charge in [0.2, 0.25) is 0 Å². The number of hydrogen-bond acceptors (Lipinski definition) is 4. The largest absolute Gasteiger partial charge is 0.489 e. The van der Waals surface area contributed by atoms with Gasteiger partial charge < -0.3 is 20.3 Å². The van der Waals surface area contributed by atoms with E-state index in [4.69, 9.17) is 4.74 Å². The molecule has 4 rings (SSSR count). The summed E-state index contributed by atoms with van der Waals surface area (Å²) in [7, 11) is 0. The number of alkyl halides is 3. The Labute approximate surface area is 192 Å². The molecule has 0 saturated carbocycles. The van der Waals surface area contributed by atoms with E-state index < -0.39 is 11.7 Å². The Morgan fingerprint density at radius 2 is 1.61 bits per heavy atom. The molecule has 0 atom stereocenters. The lowest BCUT2D eigenvalue weighted by Gasteiger charge is -2.39. The van der Waals surface area contributed by atoms with Crippen LogP contribution in [0.2, 0.25) is 0 Å². The summed E-state index contributed by atoms with van der Waals surface area (Å²) in [4.78, 5) is 15.2. The van der Waals surface area contributed by atoms with E-state index >= 15 is 0 Å². The number of piperidine rings is 2. The SMILES string of the molecule is O=C(NC1CCN(C2CCNCC2)CC1)c1ccc(COc2ccc(C(F)(F)F)cc2)cc1. The summed E-state index contributed by atoms with van der Waals surface area (Å²) in [6.07, 6.45) is -0.0274. The molecule has 0 unspecified atom stereocenters. The van der Waals surface area contributed by atoms with E-state index in [9.17, 15) is 18.0 Å². The Balaban J connectivity index is 1.22. The summed E-state index contributed by atoms with van der Waals surface area (Å²) in [6.45, 7) is 4.44. The first-order chi connectivity index (χ1) is 15.9. The van der Waals surface area contributed by atoms with Crippen molar-refractivity contribution < 1.29 is 22.7 Å². The van der Waals surface area contributed by atoms with Gasteiger partial charge in [-0.05, 0) is 80.7 Å². The normalized spacial score (nSPS) is 18.8. The van der Waals surface area contributed by atoms with Crippen LogP contribution in [-0.4, -0.2) is 49.1 Å². The summed E-state index contributed by atoms with van der Waals surface area (Å²) >= 11 is 0. The van der Waals surface area contributed by atoms with Crippen LogP contribution in [0.4, 0.5) is 13.2 Å². The number of carbonyl (C=O) groups excluding carboxylic acids is 1. The van der Waals surface area contributed by atoms with Gasteiger partial charge in [-0.2, -0.15) is 13.2 Å². The van der Waals surface area contributed by atoms with Gasteiger partial charge in [-0.25, -0.2) is 0 Å². The lowest BCUT2D eigenvalue weighted by atomic mass is 9.98. The monoisotopic (exact) mass is 461 g/mol. The number of hydrogen-bond donors (Lipinski definition) is 2. The van der Waals surface area contributed by atoms with Gasteiger partial charge in [0.25, 0.3) is 5.91 Å². The third kappa shape index (κ3) is 6.48. The fraction of sp³-hybridized carbons (Fsp3) is 0.480. The molecule has 0 aliphatic carbocycles. The lowest BCUT2D eigenvalue weighted by Crippen LogP contribution is -2.50. The van der Waals surface area contributed by atoms with E-state index in [2.05, 4.69) is 15.5 Å². The molecule has 0 radical (unpaired) electrons. The molecule has 2 aliphatic rings. The second-order valence-corrected chi connectivity index (χ2v) is 8.77. The molecule has 0 bridgehead atoms. The van der Waals surface area contributed by atoms with E-state index in [-0.39, 0.29) is 18.6 Å². The Morgan fingerprint density at radius 1 is 0.970 bits per heavy atom. The molecule has 2 saturated heterocycles. The number of halogens is 3. The number of carbonyl (C=O) groups is 1. The van der Waals surface area contributed by atoms with Gasteiger partial charge in [-0.1, -0.05) is 12.1 Å². The third-order valence-electron chi connectivity index (χ3n) is 6.49. The molecule has 8 heteroatoms. The maximum absolute atomic E-state index is 12.6. The van der Waals surface area contributed by atoms with E-state index in [1.165, 1.54) is 25.0 Å². The highest BCUT2D eigenvalue weighted by molar-refractivity contribution is 5.94. The van der Waals surface area contributed by atoms with Crippen molar-refractivity contribution in [2.45, 2.75) is 50.6 Å². The minimum absolute atomic E-state index is 0.0782. The first-order valence-corrected chi connectivity index (χ1v) is 11.5. The highest BCUT2D eigenvalue weighted by Crippen LogP contribution is 2.30. The van der Waals surface area contributed by atoms with Crippen molar-refractivity contribution in [2.24, 2.45) is 0 Å². The van der Waals surface area contributed by atoms with E-state index in [0.717, 1.165) is 56.7 Å². The number of nitrogens with zero attached hydrogens (tertiary/aromatic N) is 1. The van der Waals surface area contributed by atoms with Gasteiger partial charge in [0.15, 0.2) is 0 Å². The Bertz CT molecular complexity index is 902. The van der Waals surface area contributed by atoms with Crippen LogP contribution in [-0.2, 0) is 12.8 Å². The molecule has 0 aromatic heterocycles. The summed E-state index contributed by atoms with van der Waals surface area (Å²) in [6, 6.07) is 12.6. The second-order valence-electron chi connectivity index (χ2n) is 8.77. The maximum atomic E-state index is 12.6. The molecular weight excluding hydrogens is 431 g/mol. The van der Waals surface area contributed by atoms with Crippen molar-refractivity contribution in [3.63, 3.8) is 0 Å². The maximum Gasteiger partial charge on any atom is 0.416 e. The zero-order valence-electron chi connectivity index (χ0n) is 18.5. The number of benzene rings is 2. The zero-order chi connectivity index (χ0) is 23.3. The predicted octanol–water partition coefficient (Wildman–Crippen LogP) is 4.23. The number of ether oxygens (including phenoxy) is 1. The van der Waals surface area contributed by atoms with Crippen molar-refractivity contribution in [3.05, 3.63) is 65.2 Å². The van der Waals surface area contributed by atoms with Crippen molar-refractivity contribution in [3.8, 4) is 5.75 Å². The number of rotatable bonds is 6. The molecule has 2 N–H and O–H groups in total. The van der Waals surface area contributed by atoms with Crippen LogP contribution < -0.4 is 15.4 Å². The zero-order valence-corrected chi connectivity index (χ0v) is 18.5. The quantitative estimate of drug-likeness (QED) is 0.676. The molecule has 2 aliphatic heterocycles. The minimum atomic E-state index is -4.36. The van der Waals surface area contributed by atoms with E-state index in [1.54, 1.807) is 24.3 Å². The topological polar surface area (TPSA) is 53.6 Å². The summed E-state index contributed by atoms with van der Waals surface area (Å²) in [5.74, 6) is 0.283. The van der Waals surface area contributed by atoms with Gasteiger partial charge in [-0.15, -0.1) is 0 Å². The van der Waals surface area contributed by atoms with Gasteiger partial charge in [0, 0.05) is 30.7 Å². The van der Waals surface area contributed by atoms with Gasteiger partial charge >= 0.3 is 6.18 Å². The molecule has 0 spiro atoms. The second kappa shape index (κ2) is 10.6. The number of nitrogens with one attached hydrogen (secondary N) is 2.